The van der Waals surface area contributed by atoms with E-state index in [1.807, 2.05) is 41.5 Å². The first-order valence-corrected chi connectivity index (χ1v) is 11.5. The lowest BCUT2D eigenvalue weighted by Gasteiger charge is -2.32. The molecule has 184 valence electrons. The summed E-state index contributed by atoms with van der Waals surface area (Å²) >= 11 is 0. The van der Waals surface area contributed by atoms with Gasteiger partial charge in [-0.25, -0.2) is 14.8 Å². The van der Waals surface area contributed by atoms with Gasteiger partial charge in [0.05, 0.1) is 16.6 Å². The highest BCUT2D eigenvalue weighted by Gasteiger charge is 2.36. The average Bonchev–Trinajstić information content (AvgIpc) is 2.77. The Hall–Kier alpha value is -4.27. The predicted octanol–water partition coefficient (Wildman–Crippen LogP) is 6.00. The Morgan fingerprint density at radius 1 is 0.833 bits per heavy atom. The van der Waals surface area contributed by atoms with Crippen LogP contribution in [-0.4, -0.2) is 16.0 Å². The molecule has 0 saturated carbocycles. The molecule has 0 atom stereocenters. The number of ether oxygens (including phenoxy) is 2. The van der Waals surface area contributed by atoms with Gasteiger partial charge in [-0.15, -0.1) is 0 Å². The zero-order chi connectivity index (χ0) is 26.2. The summed E-state index contributed by atoms with van der Waals surface area (Å²) in [4.78, 5) is 32.3. The van der Waals surface area contributed by atoms with Crippen molar-refractivity contribution >= 4 is 23.0 Å². The highest BCUT2D eigenvalue weighted by molar-refractivity contribution is 5.89. The van der Waals surface area contributed by atoms with Gasteiger partial charge in [0.25, 0.3) is 5.69 Å². The highest BCUT2D eigenvalue weighted by Crippen LogP contribution is 2.45. The summed E-state index contributed by atoms with van der Waals surface area (Å²) in [6.45, 7) is 12.1. The fraction of sp³-hybridized carbons (Fsp3) is 0.296. The van der Waals surface area contributed by atoms with Gasteiger partial charge in [-0.3, -0.25) is 10.1 Å². The van der Waals surface area contributed by atoms with Crippen LogP contribution in [0, 0.1) is 10.1 Å². The molecule has 0 saturated heterocycles. The summed E-state index contributed by atoms with van der Waals surface area (Å²) < 4.78 is 12.8. The second-order valence-electron chi connectivity index (χ2n) is 10.9. The Balaban J connectivity index is 1.92. The second-order valence-corrected chi connectivity index (χ2v) is 10.9. The Kier molecular flexibility index (Phi) is 4.96. The molecule has 0 unspecified atom stereocenters. The van der Waals surface area contributed by atoms with Crippen LogP contribution in [0.1, 0.15) is 63.0 Å². The number of nitro benzene ring substituents is 1. The molecule has 0 radical (unpaired) electrons. The molecule has 36 heavy (non-hydrogen) atoms. The Labute approximate surface area is 206 Å². The van der Waals surface area contributed by atoms with Crippen molar-refractivity contribution in [2.75, 3.05) is 0 Å². The number of carboxylic acid groups (broad SMARTS) is 1. The summed E-state index contributed by atoms with van der Waals surface area (Å²) in [5.41, 5.74) is 1.55. The Morgan fingerprint density at radius 2 is 1.31 bits per heavy atom. The van der Waals surface area contributed by atoms with Crippen LogP contribution in [-0.2, 0) is 10.8 Å². The molecule has 3 aromatic carbocycles. The molecule has 5 rings (SSSR count). The van der Waals surface area contributed by atoms with Gasteiger partial charge >= 0.3 is 5.97 Å². The minimum Gasteiger partial charge on any atom is -0.478 e. The van der Waals surface area contributed by atoms with Crippen LogP contribution in [0.3, 0.4) is 0 Å². The van der Waals surface area contributed by atoms with Crippen molar-refractivity contribution in [3.8, 4) is 23.0 Å². The van der Waals surface area contributed by atoms with Gasteiger partial charge in [0, 0.05) is 17.2 Å². The number of hydrogen-bond donors (Lipinski definition) is 1. The van der Waals surface area contributed by atoms with Crippen molar-refractivity contribution in [2.45, 2.75) is 52.4 Å². The predicted molar refractivity (Wildman–Crippen MR) is 132 cm³/mol. The van der Waals surface area contributed by atoms with Crippen LogP contribution in [0.2, 0.25) is 0 Å². The fourth-order valence-corrected chi connectivity index (χ4v) is 4.56. The van der Waals surface area contributed by atoms with Crippen molar-refractivity contribution in [3.63, 3.8) is 0 Å². The van der Waals surface area contributed by atoms with E-state index < -0.39 is 21.7 Å². The van der Waals surface area contributed by atoms with E-state index in [0.717, 1.165) is 11.1 Å². The van der Waals surface area contributed by atoms with Gasteiger partial charge in [0.15, 0.2) is 23.0 Å². The molecule has 0 aliphatic carbocycles. The van der Waals surface area contributed by atoms with Gasteiger partial charge in [-0.2, -0.15) is 0 Å². The first-order valence-electron chi connectivity index (χ1n) is 11.5. The van der Waals surface area contributed by atoms with Crippen LogP contribution in [0.25, 0.3) is 0 Å². The number of nitro groups is 1. The molecule has 9 nitrogen and oxygen atoms in total. The van der Waals surface area contributed by atoms with Gasteiger partial charge in [0.1, 0.15) is 22.1 Å². The summed E-state index contributed by atoms with van der Waals surface area (Å²) in [6, 6.07) is 8.91. The molecule has 0 bridgehead atoms. The molecule has 9 heteroatoms. The van der Waals surface area contributed by atoms with E-state index >= 15 is 0 Å². The normalized spacial score (nSPS) is 13.5. The maximum absolute atomic E-state index is 11.6. The monoisotopic (exact) mass is 487 g/mol. The van der Waals surface area contributed by atoms with Crippen LogP contribution in [0.15, 0.2) is 46.4 Å². The topological polar surface area (TPSA) is 124 Å². The summed E-state index contributed by atoms with van der Waals surface area (Å²) in [5, 5.41) is 22.0. The van der Waals surface area contributed by atoms with Crippen molar-refractivity contribution in [1.82, 2.24) is 0 Å². The number of hydrogen-bond acceptors (Lipinski definition) is 7. The molecular formula is C27H25N3O6. The minimum atomic E-state index is -1.06. The van der Waals surface area contributed by atoms with Crippen molar-refractivity contribution in [2.24, 2.45) is 9.98 Å². The molecular weight excluding hydrogens is 462 g/mol. The van der Waals surface area contributed by atoms with Gasteiger partial charge in [-0.05, 0) is 35.1 Å². The third-order valence-corrected chi connectivity index (χ3v) is 6.11. The van der Waals surface area contributed by atoms with Crippen molar-refractivity contribution in [1.29, 1.82) is 0 Å². The minimum absolute atomic E-state index is 0.0881. The lowest BCUT2D eigenvalue weighted by molar-refractivity contribution is -0.384. The van der Waals surface area contributed by atoms with E-state index in [2.05, 4.69) is 0 Å². The molecule has 1 N–H and O–H groups in total. The van der Waals surface area contributed by atoms with Gasteiger partial charge < -0.3 is 14.6 Å². The zero-order valence-electron chi connectivity index (χ0n) is 20.8. The quantitative estimate of drug-likeness (QED) is 0.240. The third kappa shape index (κ3) is 3.67. The standard InChI is InChI=1S/C27H25N3O6/c1-26(2,3)19-22-24(36-18-12-14(30(33)34)8-10-16(18)29-22)20(27(4,5)6)21-23(19)35-17-11-13(25(31)32)7-9-15(17)28-21/h7-12H,1-6H3,(H,31,32). The SMILES string of the molecule is CC(C)(C)c1c2c(c(C(C)(C)C)c3c1=Nc1ccc(C(=O)O)cc1O3)=Nc1ccc([N+](=O)[O-])cc1O2. The smallest absolute Gasteiger partial charge is 0.335 e. The molecule has 0 fully saturated rings. The number of aromatic carboxylic acids is 1. The van der Waals surface area contributed by atoms with E-state index in [1.165, 1.54) is 24.3 Å². The first-order chi connectivity index (χ1) is 16.8. The Morgan fingerprint density at radius 3 is 1.75 bits per heavy atom. The zero-order valence-corrected chi connectivity index (χ0v) is 20.8. The Bertz CT molecular complexity index is 1490. The lowest BCUT2D eigenvalue weighted by atomic mass is 9.79. The van der Waals surface area contributed by atoms with Crippen LogP contribution in [0.5, 0.6) is 23.0 Å². The first kappa shape index (κ1) is 23.5. The molecule has 0 spiro atoms. The molecule has 2 heterocycles. The number of benzene rings is 3. The summed E-state index contributed by atoms with van der Waals surface area (Å²) in [5.74, 6) is 0.569. The maximum Gasteiger partial charge on any atom is 0.335 e. The maximum atomic E-state index is 11.6. The van der Waals surface area contributed by atoms with Crippen LogP contribution in [0.4, 0.5) is 17.1 Å². The number of carboxylic acids is 1. The average molecular weight is 488 g/mol. The third-order valence-electron chi connectivity index (χ3n) is 6.11. The van der Waals surface area contributed by atoms with Crippen molar-refractivity contribution in [3.05, 3.63) is 73.9 Å². The largest absolute Gasteiger partial charge is 0.478 e. The van der Waals surface area contributed by atoms with Gasteiger partial charge in [-0.1, -0.05) is 41.5 Å². The van der Waals surface area contributed by atoms with Crippen LogP contribution >= 0.6 is 0 Å². The van der Waals surface area contributed by atoms with E-state index in [1.54, 1.807) is 12.1 Å². The van der Waals surface area contributed by atoms with E-state index in [-0.39, 0.29) is 11.3 Å². The number of carbonyl (C=O) groups is 1. The van der Waals surface area contributed by atoms with E-state index in [9.17, 15) is 20.0 Å². The van der Waals surface area contributed by atoms with E-state index in [0.29, 0.717) is 45.1 Å². The molecule has 2 aliphatic heterocycles. The molecule has 0 amide bonds. The molecule has 0 aromatic heterocycles. The highest BCUT2D eigenvalue weighted by atomic mass is 16.6. The second kappa shape index (κ2) is 7.61. The van der Waals surface area contributed by atoms with Crippen LogP contribution < -0.4 is 20.2 Å². The summed E-state index contributed by atoms with van der Waals surface area (Å²) in [7, 11) is 0. The number of non-ortho nitro benzene ring substituents is 1. The molecule has 3 aromatic rings. The van der Waals surface area contributed by atoms with Gasteiger partial charge in [0.2, 0.25) is 0 Å². The van der Waals surface area contributed by atoms with E-state index in [4.69, 9.17) is 19.5 Å². The lowest BCUT2D eigenvalue weighted by Crippen LogP contribution is -2.37. The summed E-state index contributed by atoms with van der Waals surface area (Å²) in [6.07, 6.45) is 0. The van der Waals surface area contributed by atoms with Crippen molar-refractivity contribution < 1.29 is 24.3 Å². The number of rotatable bonds is 2. The number of fused-ring (bicyclic) bond motifs is 4. The number of nitrogens with zero attached hydrogens (tertiary/aromatic N) is 3. The fourth-order valence-electron chi connectivity index (χ4n) is 4.56. The molecule has 2 aliphatic rings.